The molecule has 6 rings (SSSR count). The molecule has 5 aromatic rings. The smallest absolute Gasteiger partial charge is 0.245 e. The molecule has 1 aliphatic heterocycles. The zero-order chi connectivity index (χ0) is 38.7. The highest BCUT2D eigenvalue weighted by Gasteiger charge is 2.34. The minimum absolute atomic E-state index is 0.196. The number of nitrogens with zero attached hydrogens (tertiary/aromatic N) is 1. The van der Waals surface area contributed by atoms with Crippen LogP contribution in [0, 0.1) is 0 Å². The average molecular weight is 780 g/mol. The molecule has 55 heavy (non-hydrogen) atoms. The maximum atomic E-state index is 14.5. The van der Waals surface area contributed by atoms with Gasteiger partial charge in [-0.15, -0.1) is 0 Å². The number of aromatic amines is 1. The largest absolute Gasteiger partial charge is 0.361 e. The molecule has 0 fully saturated rings. The van der Waals surface area contributed by atoms with Crippen LogP contribution in [0.25, 0.3) is 22.0 Å². The molecule has 0 aliphatic carbocycles. The van der Waals surface area contributed by atoms with Crippen molar-refractivity contribution in [3.8, 4) is 11.1 Å². The van der Waals surface area contributed by atoms with Gasteiger partial charge in [0.15, 0.2) is 0 Å². The molecule has 8 N–H and O–H groups in total. The van der Waals surface area contributed by atoms with Crippen LogP contribution < -0.4 is 27.4 Å². The first-order valence-corrected chi connectivity index (χ1v) is 20.1. The van der Waals surface area contributed by atoms with Gasteiger partial charge in [-0.1, -0.05) is 90.1 Å². The Morgan fingerprint density at radius 2 is 1.55 bits per heavy atom. The molecular formula is C43H50ClN7O3S. The molecule has 0 spiro atoms. The highest BCUT2D eigenvalue weighted by molar-refractivity contribution is 7.99. The normalized spacial score (nSPS) is 18.7. The van der Waals surface area contributed by atoms with E-state index in [4.69, 9.17) is 23.1 Å². The molecule has 1 aromatic heterocycles. The number of halogens is 1. The van der Waals surface area contributed by atoms with Crippen molar-refractivity contribution in [2.75, 3.05) is 20.1 Å². The Kier molecular flexibility index (Phi) is 14.0. The van der Waals surface area contributed by atoms with Crippen LogP contribution in [0.5, 0.6) is 0 Å². The molecule has 0 saturated carbocycles. The van der Waals surface area contributed by atoms with Gasteiger partial charge in [-0.2, -0.15) is 0 Å². The van der Waals surface area contributed by atoms with Crippen LogP contribution in [0.1, 0.15) is 48.8 Å². The second kappa shape index (κ2) is 19.3. The van der Waals surface area contributed by atoms with E-state index in [0.29, 0.717) is 56.8 Å². The Balaban J connectivity index is 1.42. The number of unbranched alkanes of at least 4 members (excludes halogenated alkanes) is 1. The van der Waals surface area contributed by atoms with Crippen molar-refractivity contribution in [3.05, 3.63) is 119 Å². The molecular weight excluding hydrogens is 730 g/mol. The van der Waals surface area contributed by atoms with Gasteiger partial charge in [-0.3, -0.25) is 14.4 Å². The summed E-state index contributed by atoms with van der Waals surface area (Å²) in [4.78, 5) is 49.6. The van der Waals surface area contributed by atoms with E-state index >= 15 is 0 Å². The lowest BCUT2D eigenvalue weighted by atomic mass is 10.0. The summed E-state index contributed by atoms with van der Waals surface area (Å²) < 4.78 is 0. The molecule has 4 aromatic carbocycles. The fraction of sp³-hybridized carbons (Fsp3) is 0.326. The number of para-hydroxylation sites is 1. The number of rotatable bonds is 10. The van der Waals surface area contributed by atoms with E-state index in [2.05, 4.69) is 51.3 Å². The van der Waals surface area contributed by atoms with E-state index in [1.54, 1.807) is 7.05 Å². The minimum atomic E-state index is -0.880. The first-order chi connectivity index (χ1) is 26.8. The molecule has 3 amide bonds. The number of hydrogen-bond acceptors (Lipinski definition) is 7. The molecule has 2 heterocycles. The van der Waals surface area contributed by atoms with E-state index in [1.807, 2.05) is 66.9 Å². The maximum absolute atomic E-state index is 14.5. The maximum Gasteiger partial charge on any atom is 0.245 e. The summed E-state index contributed by atoms with van der Waals surface area (Å²) in [6.45, 7) is 1.45. The number of carbonyl (C=O) groups is 3. The number of likely N-dealkylation sites (N-methyl/N-ethyl adjacent to an activating group) is 1. The van der Waals surface area contributed by atoms with E-state index in [-0.39, 0.29) is 30.7 Å². The average Bonchev–Trinajstić information content (AvgIpc) is 3.62. The summed E-state index contributed by atoms with van der Waals surface area (Å²) in [5, 5.41) is 11.3. The third kappa shape index (κ3) is 9.97. The van der Waals surface area contributed by atoms with Gasteiger partial charge in [0.1, 0.15) is 12.1 Å². The SMILES string of the molecule is CN1C(=O)C(CCCCN)NC(=O)C(CCCN)NCc2cc(-c3ccccc3)ccc2Sc2c(Cl)cccc2CNC(=O)C1Cc1c[nH]c2ccccc12. The van der Waals surface area contributed by atoms with Crippen LogP contribution in [-0.4, -0.2) is 65.9 Å². The van der Waals surface area contributed by atoms with Crippen LogP contribution in [0.15, 0.2) is 107 Å². The highest BCUT2D eigenvalue weighted by atomic mass is 35.5. The van der Waals surface area contributed by atoms with Crippen LogP contribution >= 0.6 is 23.4 Å². The molecule has 0 bridgehead atoms. The highest BCUT2D eigenvalue weighted by Crippen LogP contribution is 2.39. The lowest BCUT2D eigenvalue weighted by Crippen LogP contribution is -2.57. The molecule has 10 nitrogen and oxygen atoms in total. The summed E-state index contributed by atoms with van der Waals surface area (Å²) in [5.41, 5.74) is 17.6. The van der Waals surface area contributed by atoms with Crippen molar-refractivity contribution in [1.82, 2.24) is 25.8 Å². The van der Waals surface area contributed by atoms with Crippen molar-refractivity contribution < 1.29 is 14.4 Å². The first kappa shape index (κ1) is 40.0. The third-order valence-electron chi connectivity index (χ3n) is 10.2. The van der Waals surface area contributed by atoms with Gasteiger partial charge >= 0.3 is 0 Å². The molecule has 0 radical (unpaired) electrons. The minimum Gasteiger partial charge on any atom is -0.361 e. The fourth-order valence-corrected chi connectivity index (χ4v) is 8.43. The van der Waals surface area contributed by atoms with Crippen molar-refractivity contribution in [1.29, 1.82) is 0 Å². The number of aromatic nitrogens is 1. The van der Waals surface area contributed by atoms with Gasteiger partial charge in [0, 0.05) is 53.4 Å². The van der Waals surface area contributed by atoms with Gasteiger partial charge in [0.25, 0.3) is 0 Å². The van der Waals surface area contributed by atoms with E-state index in [1.165, 1.54) is 16.7 Å². The monoisotopic (exact) mass is 779 g/mol. The predicted molar refractivity (Wildman–Crippen MR) is 222 cm³/mol. The summed E-state index contributed by atoms with van der Waals surface area (Å²) in [7, 11) is 1.64. The van der Waals surface area contributed by atoms with Gasteiger partial charge in [-0.25, -0.2) is 0 Å². The molecule has 288 valence electrons. The molecule has 0 saturated heterocycles. The number of fused-ring (bicyclic) bond motifs is 3. The van der Waals surface area contributed by atoms with E-state index in [9.17, 15) is 14.4 Å². The Labute approximate surface area is 332 Å². The van der Waals surface area contributed by atoms with Crippen molar-refractivity contribution in [2.24, 2.45) is 11.5 Å². The number of nitrogens with one attached hydrogen (secondary N) is 4. The zero-order valence-electron chi connectivity index (χ0n) is 31.2. The standard InChI is InChI=1S/C43H50ClN7O3S/c1-51-38(24-31-26-47-35-16-6-5-14-33(31)35)42(53)49-25-30-13-9-15-34(44)40(30)55-39-20-19-29(28-11-3-2-4-12-28)23-32(39)27-48-36(18-10-22-46)41(52)50-37(43(51)54)17-7-8-21-45/h2-6,9,11-16,19-20,23,26,36-38,47-48H,7-8,10,17-18,21-22,24-25,27,45-46H2,1H3,(H,49,53)(H,50,52). The number of H-pyrrole nitrogens is 1. The van der Waals surface area contributed by atoms with Gasteiger partial charge in [0.2, 0.25) is 17.7 Å². The third-order valence-corrected chi connectivity index (χ3v) is 11.9. The number of amides is 3. The summed E-state index contributed by atoms with van der Waals surface area (Å²) in [6, 6.07) is 27.6. The van der Waals surface area contributed by atoms with Crippen LogP contribution in [0.4, 0.5) is 0 Å². The molecule has 3 unspecified atom stereocenters. The first-order valence-electron chi connectivity index (χ1n) is 18.9. The lowest BCUT2D eigenvalue weighted by Gasteiger charge is -2.32. The van der Waals surface area contributed by atoms with Crippen molar-refractivity contribution in [2.45, 2.75) is 79.5 Å². The number of benzene rings is 4. The van der Waals surface area contributed by atoms with Gasteiger partial charge in [0.05, 0.1) is 11.1 Å². The second-order valence-corrected chi connectivity index (χ2v) is 15.4. The Hall–Kier alpha value is -4.65. The van der Waals surface area contributed by atoms with Crippen LogP contribution in [0.2, 0.25) is 5.02 Å². The Morgan fingerprint density at radius 3 is 2.35 bits per heavy atom. The van der Waals surface area contributed by atoms with Crippen molar-refractivity contribution in [3.63, 3.8) is 0 Å². The van der Waals surface area contributed by atoms with Crippen LogP contribution in [0.3, 0.4) is 0 Å². The summed E-state index contributed by atoms with van der Waals surface area (Å²) >= 11 is 8.43. The van der Waals surface area contributed by atoms with Gasteiger partial charge in [-0.05, 0) is 97.3 Å². The molecule has 1 aliphatic rings. The Bertz CT molecular complexity index is 2090. The predicted octanol–water partition coefficient (Wildman–Crippen LogP) is 6.15. The quantitative estimate of drug-likeness (QED) is 0.0929. The molecule has 3 atom stereocenters. The van der Waals surface area contributed by atoms with Gasteiger partial charge < -0.3 is 37.3 Å². The number of hydrogen-bond donors (Lipinski definition) is 6. The van der Waals surface area contributed by atoms with Crippen molar-refractivity contribution >= 4 is 52.0 Å². The Morgan fingerprint density at radius 1 is 0.782 bits per heavy atom. The van der Waals surface area contributed by atoms with E-state index < -0.39 is 18.1 Å². The molecule has 12 heteroatoms. The lowest BCUT2D eigenvalue weighted by molar-refractivity contribution is -0.142. The topological polar surface area (TPSA) is 158 Å². The second-order valence-electron chi connectivity index (χ2n) is 14.0. The van der Waals surface area contributed by atoms with Crippen LogP contribution in [-0.2, 0) is 33.9 Å². The zero-order valence-corrected chi connectivity index (χ0v) is 32.7. The number of nitrogens with two attached hydrogens (primary N) is 2. The summed E-state index contributed by atoms with van der Waals surface area (Å²) in [6.07, 6.45) is 4.93. The number of carbonyl (C=O) groups excluding carboxylic acids is 3. The fourth-order valence-electron chi connectivity index (χ4n) is 7.06. The van der Waals surface area contributed by atoms with E-state index in [0.717, 1.165) is 48.5 Å². The summed E-state index contributed by atoms with van der Waals surface area (Å²) in [5.74, 6) is -0.954.